The summed E-state index contributed by atoms with van der Waals surface area (Å²) in [5.41, 5.74) is 0. The average molecular weight is 174 g/mol. The molecule has 0 aliphatic heterocycles. The van der Waals surface area contributed by atoms with E-state index < -0.39 is 0 Å². The van der Waals surface area contributed by atoms with E-state index in [0.717, 1.165) is 8.58 Å². The lowest BCUT2D eigenvalue weighted by Crippen LogP contribution is -1.93. The molecule has 0 amide bonds. The molecule has 0 saturated carbocycles. The highest BCUT2D eigenvalue weighted by atomic mass is 31.1. The third kappa shape index (κ3) is 1.23. The summed E-state index contributed by atoms with van der Waals surface area (Å²) in [5, 5.41) is 4.22. The van der Waals surface area contributed by atoms with E-state index in [0.29, 0.717) is 0 Å². The first kappa shape index (κ1) is 7.76. The van der Waals surface area contributed by atoms with Gasteiger partial charge in [-0.2, -0.15) is 0 Å². The molecule has 1 heteroatoms. The smallest absolute Gasteiger partial charge is 0.0110 e. The first-order valence-electron chi connectivity index (χ1n) is 4.07. The lowest BCUT2D eigenvalue weighted by molar-refractivity contribution is 1.78. The van der Waals surface area contributed by atoms with E-state index in [1.807, 2.05) is 0 Å². The van der Waals surface area contributed by atoms with Crippen molar-refractivity contribution in [3.05, 3.63) is 42.5 Å². The number of rotatable bonds is 1. The van der Waals surface area contributed by atoms with Crippen LogP contribution in [0.15, 0.2) is 42.5 Å². The van der Waals surface area contributed by atoms with Crippen molar-refractivity contribution < 1.29 is 0 Å². The molecule has 0 aromatic heterocycles. The Labute approximate surface area is 74.4 Å². The van der Waals surface area contributed by atoms with Crippen LogP contribution in [0.4, 0.5) is 0 Å². The summed E-state index contributed by atoms with van der Waals surface area (Å²) in [7, 11) is 0.884. The molecule has 0 fully saturated rings. The summed E-state index contributed by atoms with van der Waals surface area (Å²) < 4.78 is 0. The van der Waals surface area contributed by atoms with E-state index in [9.17, 15) is 0 Å². The van der Waals surface area contributed by atoms with Gasteiger partial charge in [-0.3, -0.25) is 0 Å². The van der Waals surface area contributed by atoms with Crippen molar-refractivity contribution in [1.82, 2.24) is 0 Å². The molecule has 0 bridgehead atoms. The van der Waals surface area contributed by atoms with E-state index in [1.165, 1.54) is 16.1 Å². The van der Waals surface area contributed by atoms with Crippen LogP contribution in [-0.4, -0.2) is 6.66 Å². The highest BCUT2D eigenvalue weighted by Crippen LogP contribution is 2.16. The lowest BCUT2D eigenvalue weighted by Gasteiger charge is -2.02. The molecule has 0 N–H and O–H groups in total. The first-order chi connectivity index (χ1) is 5.92. The van der Waals surface area contributed by atoms with Crippen molar-refractivity contribution >= 4 is 24.7 Å². The molecule has 1 atom stereocenters. The van der Waals surface area contributed by atoms with Gasteiger partial charge in [-0.1, -0.05) is 51.0 Å². The Hall–Kier alpha value is -0.870. The van der Waals surface area contributed by atoms with Gasteiger partial charge in [0, 0.05) is 0 Å². The van der Waals surface area contributed by atoms with E-state index in [1.54, 1.807) is 0 Å². The van der Waals surface area contributed by atoms with Crippen LogP contribution in [0.3, 0.4) is 0 Å². The lowest BCUT2D eigenvalue weighted by atomic mass is 10.1. The van der Waals surface area contributed by atoms with Crippen LogP contribution in [0, 0.1) is 0 Å². The van der Waals surface area contributed by atoms with Crippen LogP contribution in [0.1, 0.15) is 0 Å². The van der Waals surface area contributed by atoms with Crippen molar-refractivity contribution in [2.45, 2.75) is 0 Å². The zero-order valence-corrected chi connectivity index (χ0v) is 8.04. The summed E-state index contributed by atoms with van der Waals surface area (Å²) in [4.78, 5) is 0. The van der Waals surface area contributed by atoms with Crippen LogP contribution >= 0.6 is 8.58 Å². The fourth-order valence-corrected chi connectivity index (χ4v) is 2.20. The molecular weight excluding hydrogens is 163 g/mol. The van der Waals surface area contributed by atoms with Gasteiger partial charge in [-0.25, -0.2) is 0 Å². The molecule has 12 heavy (non-hydrogen) atoms. The van der Waals surface area contributed by atoms with Gasteiger partial charge < -0.3 is 0 Å². The van der Waals surface area contributed by atoms with Gasteiger partial charge in [-0.15, -0.1) is 0 Å². The molecule has 0 saturated heterocycles. The highest BCUT2D eigenvalue weighted by Gasteiger charge is 1.95. The second-order valence-corrected chi connectivity index (χ2v) is 3.82. The third-order valence-electron chi connectivity index (χ3n) is 2.06. The Kier molecular flexibility index (Phi) is 2.10. The van der Waals surface area contributed by atoms with Crippen molar-refractivity contribution in [3.8, 4) is 0 Å². The summed E-state index contributed by atoms with van der Waals surface area (Å²) in [6.07, 6.45) is 0. The van der Waals surface area contributed by atoms with E-state index in [4.69, 9.17) is 0 Å². The minimum absolute atomic E-state index is 0.884. The standard InChI is InChI=1S/C11H11P/c1-12-11-8-4-6-9-5-2-3-7-10(9)11/h2-8,12H,1H3. The molecule has 0 spiro atoms. The average Bonchev–Trinajstić information content (AvgIpc) is 2.17. The molecule has 1 unspecified atom stereocenters. The largest absolute Gasteiger partial charge is 0.0929 e. The number of benzene rings is 2. The van der Waals surface area contributed by atoms with Crippen LogP contribution in [0.25, 0.3) is 10.8 Å². The Balaban J connectivity index is 2.79. The second-order valence-electron chi connectivity index (χ2n) is 2.78. The molecule has 2 aromatic rings. The Bertz CT molecular complexity index is 388. The van der Waals surface area contributed by atoms with E-state index in [2.05, 4.69) is 49.1 Å². The van der Waals surface area contributed by atoms with Gasteiger partial charge in [0.15, 0.2) is 0 Å². The zero-order valence-electron chi connectivity index (χ0n) is 7.04. The van der Waals surface area contributed by atoms with Crippen molar-refractivity contribution in [2.75, 3.05) is 6.66 Å². The third-order valence-corrected chi connectivity index (χ3v) is 3.03. The molecular formula is C11H11P. The van der Waals surface area contributed by atoms with Gasteiger partial charge in [0.2, 0.25) is 0 Å². The Morgan fingerprint density at radius 3 is 2.50 bits per heavy atom. The number of hydrogen-bond donors (Lipinski definition) is 0. The maximum atomic E-state index is 2.22. The number of hydrogen-bond acceptors (Lipinski definition) is 0. The predicted molar refractivity (Wildman–Crippen MR) is 57.8 cm³/mol. The second kappa shape index (κ2) is 3.25. The summed E-state index contributed by atoms with van der Waals surface area (Å²) in [6, 6.07) is 15.1. The molecule has 0 heterocycles. The van der Waals surface area contributed by atoms with Crippen LogP contribution < -0.4 is 5.30 Å². The Morgan fingerprint density at radius 2 is 1.67 bits per heavy atom. The highest BCUT2D eigenvalue weighted by molar-refractivity contribution is 7.47. The number of fused-ring (bicyclic) bond motifs is 1. The SMILES string of the molecule is CPc1cccc2ccccc12. The topological polar surface area (TPSA) is 0 Å². The summed E-state index contributed by atoms with van der Waals surface area (Å²) >= 11 is 0. The van der Waals surface area contributed by atoms with Crippen molar-refractivity contribution in [2.24, 2.45) is 0 Å². The van der Waals surface area contributed by atoms with Gasteiger partial charge in [-0.05, 0) is 22.7 Å². The predicted octanol–water partition coefficient (Wildman–Crippen LogP) is 2.77. The zero-order chi connectivity index (χ0) is 8.39. The minimum Gasteiger partial charge on any atom is -0.0929 e. The first-order valence-corrected chi connectivity index (χ1v) is 5.57. The van der Waals surface area contributed by atoms with Crippen molar-refractivity contribution in [3.63, 3.8) is 0 Å². The monoisotopic (exact) mass is 174 g/mol. The molecule has 2 rings (SSSR count). The molecule has 0 nitrogen and oxygen atoms in total. The van der Waals surface area contributed by atoms with Crippen LogP contribution in [0.2, 0.25) is 0 Å². The molecule has 0 aliphatic rings. The molecule has 0 radical (unpaired) electrons. The summed E-state index contributed by atoms with van der Waals surface area (Å²) in [5.74, 6) is 0. The molecule has 2 aromatic carbocycles. The molecule has 0 aliphatic carbocycles. The summed E-state index contributed by atoms with van der Waals surface area (Å²) in [6.45, 7) is 2.22. The van der Waals surface area contributed by atoms with Gasteiger partial charge >= 0.3 is 0 Å². The maximum absolute atomic E-state index is 2.22. The van der Waals surface area contributed by atoms with Gasteiger partial charge in [0.25, 0.3) is 0 Å². The fourth-order valence-electron chi connectivity index (χ4n) is 1.44. The van der Waals surface area contributed by atoms with Crippen molar-refractivity contribution in [1.29, 1.82) is 0 Å². The van der Waals surface area contributed by atoms with Crippen LogP contribution in [0.5, 0.6) is 0 Å². The van der Waals surface area contributed by atoms with Gasteiger partial charge in [0.05, 0.1) is 0 Å². The quantitative estimate of drug-likeness (QED) is 0.583. The maximum Gasteiger partial charge on any atom is -0.0110 e. The molecule has 60 valence electrons. The van der Waals surface area contributed by atoms with E-state index in [-0.39, 0.29) is 0 Å². The Morgan fingerprint density at radius 1 is 0.917 bits per heavy atom. The minimum atomic E-state index is 0.884. The van der Waals surface area contributed by atoms with Gasteiger partial charge in [0.1, 0.15) is 0 Å². The van der Waals surface area contributed by atoms with E-state index >= 15 is 0 Å². The fraction of sp³-hybridized carbons (Fsp3) is 0.0909. The van der Waals surface area contributed by atoms with Crippen LogP contribution in [-0.2, 0) is 0 Å². The normalized spacial score (nSPS) is 11.4.